The Morgan fingerprint density at radius 2 is 1.97 bits per heavy atom. The molecule has 0 saturated heterocycles. The summed E-state index contributed by atoms with van der Waals surface area (Å²) in [5.74, 6) is 2.23. The highest BCUT2D eigenvalue weighted by Gasteiger charge is 2.11. The Morgan fingerprint density at radius 1 is 1.10 bits per heavy atom. The third-order valence-corrected chi connectivity index (χ3v) is 4.76. The van der Waals surface area contributed by atoms with Crippen LogP contribution in [0.3, 0.4) is 0 Å². The summed E-state index contributed by atoms with van der Waals surface area (Å²) in [6.07, 6.45) is 3.73. The van der Waals surface area contributed by atoms with Gasteiger partial charge < -0.3 is 19.1 Å². The minimum atomic E-state index is 0.585. The fourth-order valence-electron chi connectivity index (χ4n) is 3.12. The smallest absolute Gasteiger partial charge is 0.148 e. The number of hydrogen-bond donors (Lipinski definition) is 1. The molecule has 3 heterocycles. The lowest BCUT2D eigenvalue weighted by molar-refractivity contribution is 0.392. The van der Waals surface area contributed by atoms with Gasteiger partial charge in [-0.05, 0) is 45.0 Å². The molecule has 148 valence electrons. The van der Waals surface area contributed by atoms with Crippen LogP contribution in [0.25, 0.3) is 16.9 Å². The Hall–Kier alpha value is -3.68. The van der Waals surface area contributed by atoms with Gasteiger partial charge in [0, 0.05) is 23.9 Å². The number of methoxy groups -OCH3 is 1. The molecule has 1 aromatic carbocycles. The number of ether oxygens (including phenoxy) is 1. The van der Waals surface area contributed by atoms with Crippen LogP contribution in [0.15, 0.2) is 47.4 Å². The highest BCUT2D eigenvalue weighted by atomic mass is 16.5. The predicted molar refractivity (Wildman–Crippen MR) is 109 cm³/mol. The van der Waals surface area contributed by atoms with E-state index in [1.54, 1.807) is 13.4 Å². The van der Waals surface area contributed by atoms with Crippen molar-refractivity contribution in [3.63, 3.8) is 0 Å². The van der Waals surface area contributed by atoms with Crippen LogP contribution in [-0.4, -0.2) is 32.0 Å². The van der Waals surface area contributed by atoms with Crippen LogP contribution in [0.4, 0.5) is 5.82 Å². The van der Waals surface area contributed by atoms with Crippen LogP contribution in [0, 0.1) is 20.8 Å². The van der Waals surface area contributed by atoms with Gasteiger partial charge >= 0.3 is 0 Å². The molecule has 0 saturated carbocycles. The molecular formula is C21H22N6O2. The van der Waals surface area contributed by atoms with E-state index in [0.717, 1.165) is 45.4 Å². The molecule has 0 atom stereocenters. The highest BCUT2D eigenvalue weighted by Crippen LogP contribution is 2.29. The van der Waals surface area contributed by atoms with Gasteiger partial charge in [0.1, 0.15) is 17.3 Å². The fourth-order valence-corrected chi connectivity index (χ4v) is 3.12. The molecule has 0 aliphatic heterocycles. The molecule has 0 fully saturated rings. The molecule has 0 radical (unpaired) electrons. The molecule has 8 heteroatoms. The summed E-state index contributed by atoms with van der Waals surface area (Å²) in [6.45, 7) is 6.36. The van der Waals surface area contributed by atoms with Crippen LogP contribution in [0.5, 0.6) is 5.75 Å². The average molecular weight is 390 g/mol. The number of rotatable bonds is 6. The molecular weight excluding hydrogens is 368 g/mol. The fraction of sp³-hybridized carbons (Fsp3) is 0.238. The van der Waals surface area contributed by atoms with E-state index in [1.807, 2.05) is 61.9 Å². The largest absolute Gasteiger partial charge is 0.495 e. The third-order valence-electron chi connectivity index (χ3n) is 4.76. The van der Waals surface area contributed by atoms with E-state index >= 15 is 0 Å². The molecule has 0 unspecified atom stereocenters. The zero-order valence-corrected chi connectivity index (χ0v) is 16.8. The average Bonchev–Trinajstić information content (AvgIpc) is 3.31. The Morgan fingerprint density at radius 3 is 2.59 bits per heavy atom. The van der Waals surface area contributed by atoms with E-state index in [2.05, 4.69) is 25.7 Å². The van der Waals surface area contributed by atoms with Crippen molar-refractivity contribution >= 4 is 5.82 Å². The summed E-state index contributed by atoms with van der Waals surface area (Å²) in [4.78, 5) is 4.27. The van der Waals surface area contributed by atoms with Crippen molar-refractivity contribution in [1.82, 2.24) is 24.9 Å². The summed E-state index contributed by atoms with van der Waals surface area (Å²) in [5.41, 5.74) is 5.46. The summed E-state index contributed by atoms with van der Waals surface area (Å²) in [7, 11) is 1.65. The standard InChI is InChI=1S/C21H22N6O2/c1-13-11-27(12-23-13)19-7-5-16(9-20(19)28-4)18-6-8-21(25-24-18)22-10-17-14(2)26-29-15(17)3/h5-9,11-12H,10H2,1-4H3,(H,22,25). The van der Waals surface area contributed by atoms with E-state index < -0.39 is 0 Å². The topological polar surface area (TPSA) is 90.9 Å². The van der Waals surface area contributed by atoms with Crippen LogP contribution in [0.1, 0.15) is 22.7 Å². The molecule has 1 N–H and O–H groups in total. The molecule has 0 amide bonds. The van der Waals surface area contributed by atoms with Gasteiger partial charge in [0.05, 0.1) is 36.2 Å². The first-order valence-corrected chi connectivity index (χ1v) is 9.24. The maximum atomic E-state index is 5.57. The number of hydrogen-bond acceptors (Lipinski definition) is 7. The van der Waals surface area contributed by atoms with Crippen molar-refractivity contribution in [1.29, 1.82) is 0 Å². The summed E-state index contributed by atoms with van der Waals surface area (Å²) in [6, 6.07) is 9.76. The van der Waals surface area contributed by atoms with Crippen molar-refractivity contribution in [2.45, 2.75) is 27.3 Å². The van der Waals surface area contributed by atoms with Gasteiger partial charge in [-0.2, -0.15) is 0 Å². The maximum absolute atomic E-state index is 5.57. The van der Waals surface area contributed by atoms with Crippen molar-refractivity contribution in [2.75, 3.05) is 12.4 Å². The van der Waals surface area contributed by atoms with Gasteiger partial charge in [0.25, 0.3) is 0 Å². The number of imidazole rings is 1. The van der Waals surface area contributed by atoms with Crippen LogP contribution in [0.2, 0.25) is 0 Å². The van der Waals surface area contributed by atoms with Crippen molar-refractivity contribution in [3.8, 4) is 22.7 Å². The molecule has 0 aliphatic rings. The summed E-state index contributed by atoms with van der Waals surface area (Å²) in [5, 5.41) is 15.8. The van der Waals surface area contributed by atoms with Gasteiger partial charge in [-0.25, -0.2) is 4.98 Å². The first-order valence-electron chi connectivity index (χ1n) is 9.24. The van der Waals surface area contributed by atoms with Crippen LogP contribution in [-0.2, 0) is 6.54 Å². The molecule has 0 spiro atoms. The van der Waals surface area contributed by atoms with Gasteiger partial charge in [0.15, 0.2) is 0 Å². The lowest BCUT2D eigenvalue weighted by Crippen LogP contribution is -2.04. The minimum absolute atomic E-state index is 0.585. The molecule has 0 aliphatic carbocycles. The number of aromatic nitrogens is 5. The van der Waals surface area contributed by atoms with E-state index in [-0.39, 0.29) is 0 Å². The minimum Gasteiger partial charge on any atom is -0.495 e. The van der Waals surface area contributed by atoms with Crippen molar-refractivity contribution in [3.05, 3.63) is 65.6 Å². The molecule has 8 nitrogen and oxygen atoms in total. The zero-order chi connectivity index (χ0) is 20.4. The van der Waals surface area contributed by atoms with Crippen molar-refractivity contribution < 1.29 is 9.26 Å². The van der Waals surface area contributed by atoms with E-state index in [0.29, 0.717) is 12.4 Å². The number of nitrogens with one attached hydrogen (secondary N) is 1. The number of benzene rings is 1. The molecule has 3 aromatic heterocycles. The predicted octanol–water partition coefficient (Wildman–Crippen LogP) is 3.86. The molecule has 29 heavy (non-hydrogen) atoms. The highest BCUT2D eigenvalue weighted by molar-refractivity contribution is 5.65. The monoisotopic (exact) mass is 390 g/mol. The SMILES string of the molecule is COc1cc(-c2ccc(NCc3c(C)noc3C)nn2)ccc1-n1cnc(C)c1. The van der Waals surface area contributed by atoms with Crippen LogP contribution >= 0.6 is 0 Å². The second kappa shape index (κ2) is 7.75. The normalized spacial score (nSPS) is 10.9. The number of anilines is 1. The summed E-state index contributed by atoms with van der Waals surface area (Å²) < 4.78 is 12.7. The Balaban J connectivity index is 1.53. The second-order valence-electron chi connectivity index (χ2n) is 6.77. The summed E-state index contributed by atoms with van der Waals surface area (Å²) >= 11 is 0. The molecule has 4 rings (SSSR count). The molecule has 4 aromatic rings. The maximum Gasteiger partial charge on any atom is 0.148 e. The zero-order valence-electron chi connectivity index (χ0n) is 16.8. The quantitative estimate of drug-likeness (QED) is 0.534. The number of nitrogens with zero attached hydrogens (tertiary/aromatic N) is 5. The second-order valence-corrected chi connectivity index (χ2v) is 6.77. The Labute approximate surface area is 168 Å². The Kier molecular flexibility index (Phi) is 4.99. The Bertz CT molecular complexity index is 1110. The van der Waals surface area contributed by atoms with Gasteiger partial charge in [-0.1, -0.05) is 11.2 Å². The van der Waals surface area contributed by atoms with E-state index in [4.69, 9.17) is 9.26 Å². The molecule has 0 bridgehead atoms. The number of aryl methyl sites for hydroxylation is 3. The van der Waals surface area contributed by atoms with Gasteiger partial charge in [0.2, 0.25) is 0 Å². The van der Waals surface area contributed by atoms with E-state index in [9.17, 15) is 0 Å². The lowest BCUT2D eigenvalue weighted by Gasteiger charge is -2.11. The van der Waals surface area contributed by atoms with Gasteiger partial charge in [-0.3, -0.25) is 0 Å². The first-order chi connectivity index (χ1) is 14.0. The first kappa shape index (κ1) is 18.7. The van der Waals surface area contributed by atoms with Gasteiger partial charge in [-0.15, -0.1) is 10.2 Å². The third kappa shape index (κ3) is 3.82. The van der Waals surface area contributed by atoms with Crippen LogP contribution < -0.4 is 10.1 Å². The van der Waals surface area contributed by atoms with Crippen molar-refractivity contribution in [2.24, 2.45) is 0 Å². The van der Waals surface area contributed by atoms with E-state index in [1.165, 1.54) is 0 Å². The lowest BCUT2D eigenvalue weighted by atomic mass is 10.1.